The zero-order valence-electron chi connectivity index (χ0n) is 11.6. The standard InChI is InChI=1S/C16H25Br/c1-5-7-14(8-6-2)16(17)15-10-9-12(3)13(4)11-15/h9-11,14,16H,5-8H2,1-4H3. The van der Waals surface area contributed by atoms with E-state index in [0.29, 0.717) is 4.83 Å². The molecule has 0 heterocycles. The third-order valence-electron chi connectivity index (χ3n) is 3.58. The molecule has 1 unspecified atom stereocenters. The van der Waals surface area contributed by atoms with Crippen LogP contribution in [0.25, 0.3) is 0 Å². The Balaban J connectivity index is 2.84. The molecule has 1 heteroatoms. The van der Waals surface area contributed by atoms with Gasteiger partial charge in [0.1, 0.15) is 0 Å². The third kappa shape index (κ3) is 4.13. The Labute approximate surface area is 115 Å². The lowest BCUT2D eigenvalue weighted by atomic mass is 9.90. The Morgan fingerprint density at radius 2 is 1.59 bits per heavy atom. The van der Waals surface area contributed by atoms with Gasteiger partial charge in [-0.1, -0.05) is 60.8 Å². The molecule has 1 aromatic carbocycles. The van der Waals surface area contributed by atoms with Gasteiger partial charge >= 0.3 is 0 Å². The monoisotopic (exact) mass is 296 g/mol. The molecule has 0 aromatic heterocycles. The summed E-state index contributed by atoms with van der Waals surface area (Å²) in [7, 11) is 0. The highest BCUT2D eigenvalue weighted by Crippen LogP contribution is 2.37. The smallest absolute Gasteiger partial charge is 0.0423 e. The van der Waals surface area contributed by atoms with Crippen LogP contribution in [-0.2, 0) is 0 Å². The van der Waals surface area contributed by atoms with E-state index in [1.165, 1.54) is 42.4 Å². The highest BCUT2D eigenvalue weighted by atomic mass is 79.9. The summed E-state index contributed by atoms with van der Waals surface area (Å²) in [5.74, 6) is 0.770. The molecule has 0 aliphatic heterocycles. The number of alkyl halides is 1. The van der Waals surface area contributed by atoms with Gasteiger partial charge in [-0.2, -0.15) is 0 Å². The van der Waals surface area contributed by atoms with Crippen molar-refractivity contribution in [3.8, 4) is 0 Å². The highest BCUT2D eigenvalue weighted by Gasteiger charge is 2.19. The first-order valence-electron chi connectivity index (χ1n) is 6.81. The van der Waals surface area contributed by atoms with Crippen molar-refractivity contribution < 1.29 is 0 Å². The molecule has 0 nitrogen and oxygen atoms in total. The highest BCUT2D eigenvalue weighted by molar-refractivity contribution is 9.09. The Morgan fingerprint density at radius 1 is 1.00 bits per heavy atom. The number of hydrogen-bond donors (Lipinski definition) is 0. The predicted molar refractivity (Wildman–Crippen MR) is 80.9 cm³/mol. The van der Waals surface area contributed by atoms with E-state index in [-0.39, 0.29) is 0 Å². The van der Waals surface area contributed by atoms with Crippen LogP contribution in [0.5, 0.6) is 0 Å². The SMILES string of the molecule is CCCC(CCC)C(Br)c1ccc(C)c(C)c1. The van der Waals surface area contributed by atoms with E-state index in [0.717, 1.165) is 5.92 Å². The van der Waals surface area contributed by atoms with E-state index in [2.05, 4.69) is 61.8 Å². The maximum absolute atomic E-state index is 3.91. The van der Waals surface area contributed by atoms with Gasteiger partial charge in [-0.25, -0.2) is 0 Å². The van der Waals surface area contributed by atoms with Crippen LogP contribution in [0.1, 0.15) is 61.0 Å². The molecule has 0 saturated heterocycles. The number of halogens is 1. The Kier molecular flexibility index (Phi) is 6.26. The van der Waals surface area contributed by atoms with E-state index >= 15 is 0 Å². The molecule has 0 N–H and O–H groups in total. The zero-order chi connectivity index (χ0) is 12.8. The predicted octanol–water partition coefficient (Wildman–Crippen LogP) is 5.96. The van der Waals surface area contributed by atoms with Gasteiger partial charge < -0.3 is 0 Å². The van der Waals surface area contributed by atoms with Gasteiger partial charge in [-0.05, 0) is 49.3 Å². The Hall–Kier alpha value is -0.300. The second-order valence-corrected chi connectivity index (χ2v) is 6.07. The number of benzene rings is 1. The summed E-state index contributed by atoms with van der Waals surface area (Å²) in [6.45, 7) is 8.94. The molecular formula is C16H25Br. The fourth-order valence-corrected chi connectivity index (χ4v) is 3.20. The summed E-state index contributed by atoms with van der Waals surface area (Å²) in [5.41, 5.74) is 4.23. The van der Waals surface area contributed by atoms with E-state index in [9.17, 15) is 0 Å². The molecule has 1 atom stereocenters. The van der Waals surface area contributed by atoms with Gasteiger partial charge in [0.25, 0.3) is 0 Å². The first-order chi connectivity index (χ1) is 8.10. The second kappa shape index (κ2) is 7.20. The van der Waals surface area contributed by atoms with Crippen LogP contribution in [0.2, 0.25) is 0 Å². The minimum absolute atomic E-state index is 0.515. The first-order valence-corrected chi connectivity index (χ1v) is 7.72. The second-order valence-electron chi connectivity index (χ2n) is 5.08. The molecular weight excluding hydrogens is 272 g/mol. The summed E-state index contributed by atoms with van der Waals surface area (Å²) in [6, 6.07) is 6.86. The van der Waals surface area contributed by atoms with Crippen LogP contribution in [0.3, 0.4) is 0 Å². The molecule has 17 heavy (non-hydrogen) atoms. The molecule has 0 fully saturated rings. The minimum atomic E-state index is 0.515. The molecule has 0 aliphatic rings. The molecule has 0 amide bonds. The zero-order valence-corrected chi connectivity index (χ0v) is 13.2. The van der Waals surface area contributed by atoms with Gasteiger partial charge in [-0.3, -0.25) is 0 Å². The normalized spacial score (nSPS) is 13.1. The van der Waals surface area contributed by atoms with Gasteiger partial charge in [0, 0.05) is 4.83 Å². The summed E-state index contributed by atoms with van der Waals surface area (Å²) < 4.78 is 0. The van der Waals surface area contributed by atoms with Crippen LogP contribution < -0.4 is 0 Å². The Morgan fingerprint density at radius 3 is 2.06 bits per heavy atom. The fraction of sp³-hybridized carbons (Fsp3) is 0.625. The first kappa shape index (κ1) is 14.8. The molecule has 0 bridgehead atoms. The summed E-state index contributed by atoms with van der Waals surface area (Å²) in [5, 5.41) is 0. The lowest BCUT2D eigenvalue weighted by Gasteiger charge is -2.22. The number of rotatable bonds is 6. The summed E-state index contributed by atoms with van der Waals surface area (Å²) in [4.78, 5) is 0.515. The van der Waals surface area contributed by atoms with Crippen molar-refractivity contribution in [2.45, 2.75) is 58.2 Å². The lowest BCUT2D eigenvalue weighted by molar-refractivity contribution is 0.435. The maximum Gasteiger partial charge on any atom is 0.0423 e. The van der Waals surface area contributed by atoms with Crippen LogP contribution in [0, 0.1) is 19.8 Å². The molecule has 96 valence electrons. The lowest BCUT2D eigenvalue weighted by Crippen LogP contribution is -2.08. The minimum Gasteiger partial charge on any atom is -0.0836 e. The van der Waals surface area contributed by atoms with E-state index < -0.39 is 0 Å². The van der Waals surface area contributed by atoms with Crippen molar-refractivity contribution in [3.63, 3.8) is 0 Å². The van der Waals surface area contributed by atoms with Crippen LogP contribution in [0.15, 0.2) is 18.2 Å². The average Bonchev–Trinajstić information content (AvgIpc) is 2.31. The van der Waals surface area contributed by atoms with Crippen molar-refractivity contribution in [1.29, 1.82) is 0 Å². The Bertz CT molecular complexity index is 337. The van der Waals surface area contributed by atoms with E-state index in [1.54, 1.807) is 0 Å². The van der Waals surface area contributed by atoms with Crippen molar-refractivity contribution in [1.82, 2.24) is 0 Å². The van der Waals surface area contributed by atoms with Gasteiger partial charge in [0.2, 0.25) is 0 Å². The average molecular weight is 297 g/mol. The molecule has 0 spiro atoms. The molecule has 1 rings (SSSR count). The largest absolute Gasteiger partial charge is 0.0836 e. The van der Waals surface area contributed by atoms with Gasteiger partial charge in [0.15, 0.2) is 0 Å². The van der Waals surface area contributed by atoms with Crippen molar-refractivity contribution in [2.75, 3.05) is 0 Å². The third-order valence-corrected chi connectivity index (χ3v) is 4.86. The van der Waals surface area contributed by atoms with Crippen molar-refractivity contribution >= 4 is 15.9 Å². The molecule has 0 radical (unpaired) electrons. The summed E-state index contributed by atoms with van der Waals surface area (Å²) in [6.07, 6.45) is 5.18. The van der Waals surface area contributed by atoms with Crippen molar-refractivity contribution in [2.24, 2.45) is 5.92 Å². The van der Waals surface area contributed by atoms with Crippen LogP contribution >= 0.6 is 15.9 Å². The fourth-order valence-electron chi connectivity index (χ4n) is 2.39. The quantitative estimate of drug-likeness (QED) is 0.569. The maximum atomic E-state index is 3.91. The van der Waals surface area contributed by atoms with Gasteiger partial charge in [0.05, 0.1) is 0 Å². The number of aryl methyl sites for hydroxylation is 2. The van der Waals surface area contributed by atoms with Crippen molar-refractivity contribution in [3.05, 3.63) is 34.9 Å². The summed E-state index contributed by atoms with van der Waals surface area (Å²) >= 11 is 3.91. The van der Waals surface area contributed by atoms with Gasteiger partial charge in [-0.15, -0.1) is 0 Å². The van der Waals surface area contributed by atoms with E-state index in [4.69, 9.17) is 0 Å². The van der Waals surface area contributed by atoms with Crippen LogP contribution in [0.4, 0.5) is 0 Å². The van der Waals surface area contributed by atoms with E-state index in [1.807, 2.05) is 0 Å². The molecule has 0 saturated carbocycles. The molecule has 1 aromatic rings. The number of hydrogen-bond acceptors (Lipinski definition) is 0. The van der Waals surface area contributed by atoms with Crippen LogP contribution in [-0.4, -0.2) is 0 Å². The molecule has 0 aliphatic carbocycles. The topological polar surface area (TPSA) is 0 Å².